The van der Waals surface area contributed by atoms with Crippen molar-refractivity contribution in [3.05, 3.63) is 42.0 Å². The highest BCUT2D eigenvalue weighted by molar-refractivity contribution is 7.91. The van der Waals surface area contributed by atoms with Gasteiger partial charge in [0.1, 0.15) is 5.75 Å². The second-order valence-electron chi connectivity index (χ2n) is 5.97. The molecule has 2 aromatic rings. The fourth-order valence-electron chi connectivity index (χ4n) is 2.94. The third kappa shape index (κ3) is 3.99. The summed E-state index contributed by atoms with van der Waals surface area (Å²) in [5.74, 6) is -0.251. The van der Waals surface area contributed by atoms with E-state index < -0.39 is 15.8 Å². The van der Waals surface area contributed by atoms with Gasteiger partial charge in [-0.15, -0.1) is 0 Å². The molecule has 1 saturated heterocycles. The fourth-order valence-corrected chi connectivity index (χ4v) is 4.69. The molecule has 1 aliphatic rings. The van der Waals surface area contributed by atoms with Crippen LogP contribution in [0.15, 0.2) is 41.5 Å². The van der Waals surface area contributed by atoms with E-state index in [0.717, 1.165) is 16.3 Å². The molecular weight excluding hydrogens is 340 g/mol. The summed E-state index contributed by atoms with van der Waals surface area (Å²) in [5.41, 5.74) is 3.23. The number of ether oxygens (including phenoxy) is 1. The van der Waals surface area contributed by atoms with Gasteiger partial charge in [-0.05, 0) is 30.2 Å². The van der Waals surface area contributed by atoms with Crippen molar-refractivity contribution in [2.45, 2.75) is 13.3 Å². The van der Waals surface area contributed by atoms with Gasteiger partial charge < -0.3 is 4.74 Å². The molecule has 0 aliphatic carbocycles. The highest BCUT2D eigenvalue weighted by Crippen LogP contribution is 2.26. The zero-order valence-corrected chi connectivity index (χ0v) is 14.8. The Balaban J connectivity index is 1.80. The summed E-state index contributed by atoms with van der Waals surface area (Å²) in [6.45, 7) is 2.42. The first kappa shape index (κ1) is 17.4. The molecule has 0 unspecified atom stereocenters. The minimum atomic E-state index is -3.09. The number of benzene rings is 2. The van der Waals surface area contributed by atoms with Crippen LogP contribution in [-0.2, 0) is 14.6 Å². The van der Waals surface area contributed by atoms with Gasteiger partial charge in [0.15, 0.2) is 9.84 Å². The molecule has 132 valence electrons. The van der Waals surface area contributed by atoms with Crippen molar-refractivity contribution < 1.29 is 17.9 Å². The Labute approximate surface area is 146 Å². The van der Waals surface area contributed by atoms with Crippen LogP contribution < -0.4 is 10.2 Å². The van der Waals surface area contributed by atoms with Crippen molar-refractivity contribution in [3.63, 3.8) is 0 Å². The average Bonchev–Trinajstić information content (AvgIpc) is 2.96. The van der Waals surface area contributed by atoms with Gasteiger partial charge in [-0.3, -0.25) is 4.79 Å². The largest absolute Gasteiger partial charge is 0.493 e. The van der Waals surface area contributed by atoms with Crippen molar-refractivity contribution >= 4 is 32.7 Å². The standard InChI is InChI=1S/C18H20N2O4S/c1-2-24-17-8-7-13-5-3-4-6-15(13)16(17)11-19-20-18(21)14-9-10-25(22,23)12-14/h3-8,11,14H,2,9-10,12H2,1H3,(H,20,21)/b19-11-/t14-/m1/s1. The maximum Gasteiger partial charge on any atom is 0.244 e. The van der Waals surface area contributed by atoms with Crippen LogP contribution in [0.3, 0.4) is 0 Å². The first-order valence-electron chi connectivity index (χ1n) is 8.18. The van der Waals surface area contributed by atoms with Crippen LogP contribution in [0.2, 0.25) is 0 Å². The SMILES string of the molecule is CCOc1ccc2ccccc2c1/C=N\NC(=O)[C@@H]1CCS(=O)(=O)C1. The first-order chi connectivity index (χ1) is 12.0. The number of amides is 1. The van der Waals surface area contributed by atoms with Crippen LogP contribution in [0.4, 0.5) is 0 Å². The molecule has 0 radical (unpaired) electrons. The van der Waals surface area contributed by atoms with Crippen LogP contribution in [-0.4, -0.2) is 38.7 Å². The highest BCUT2D eigenvalue weighted by atomic mass is 32.2. The molecule has 1 heterocycles. The van der Waals surface area contributed by atoms with Gasteiger partial charge in [-0.2, -0.15) is 5.10 Å². The van der Waals surface area contributed by atoms with Gasteiger partial charge >= 0.3 is 0 Å². The molecular formula is C18H20N2O4S. The Kier molecular flexibility index (Phi) is 5.03. The van der Waals surface area contributed by atoms with E-state index in [1.807, 2.05) is 43.3 Å². The number of nitrogens with zero attached hydrogens (tertiary/aromatic N) is 1. The van der Waals surface area contributed by atoms with E-state index in [2.05, 4.69) is 10.5 Å². The number of hydrogen-bond donors (Lipinski definition) is 1. The summed E-state index contributed by atoms with van der Waals surface area (Å²) < 4.78 is 28.6. The number of carbonyl (C=O) groups is 1. The topological polar surface area (TPSA) is 84.8 Å². The summed E-state index contributed by atoms with van der Waals surface area (Å²) in [5, 5.41) is 6.04. The molecule has 1 atom stereocenters. The maximum atomic E-state index is 12.1. The molecule has 0 saturated carbocycles. The third-order valence-electron chi connectivity index (χ3n) is 4.20. The summed E-state index contributed by atoms with van der Waals surface area (Å²) in [6.07, 6.45) is 1.90. The molecule has 1 N–H and O–H groups in total. The van der Waals surface area contributed by atoms with E-state index in [9.17, 15) is 13.2 Å². The van der Waals surface area contributed by atoms with Gasteiger partial charge in [0.2, 0.25) is 5.91 Å². The van der Waals surface area contributed by atoms with Gasteiger partial charge in [0.25, 0.3) is 0 Å². The number of hydrogen-bond acceptors (Lipinski definition) is 5. The zero-order valence-electron chi connectivity index (χ0n) is 13.9. The second kappa shape index (κ2) is 7.23. The second-order valence-corrected chi connectivity index (χ2v) is 8.19. The van der Waals surface area contributed by atoms with Crippen LogP contribution in [0.25, 0.3) is 10.8 Å². The van der Waals surface area contributed by atoms with E-state index in [1.165, 1.54) is 0 Å². The number of rotatable bonds is 5. The molecule has 0 aromatic heterocycles. The summed E-state index contributed by atoms with van der Waals surface area (Å²) in [4.78, 5) is 12.1. The number of hydrazone groups is 1. The Morgan fingerprint density at radius 3 is 2.84 bits per heavy atom. The first-order valence-corrected chi connectivity index (χ1v) is 10.00. The van der Waals surface area contributed by atoms with Crippen molar-refractivity contribution in [1.82, 2.24) is 5.43 Å². The zero-order chi connectivity index (χ0) is 17.9. The molecule has 1 fully saturated rings. The normalized spacial score (nSPS) is 19.3. The van der Waals surface area contributed by atoms with Crippen molar-refractivity contribution in [2.75, 3.05) is 18.1 Å². The predicted molar refractivity (Wildman–Crippen MR) is 97.6 cm³/mol. The summed E-state index contributed by atoms with van der Waals surface area (Å²) in [7, 11) is -3.09. The highest BCUT2D eigenvalue weighted by Gasteiger charge is 2.32. The van der Waals surface area contributed by atoms with Gasteiger partial charge in [-0.1, -0.05) is 30.3 Å². The van der Waals surface area contributed by atoms with Crippen LogP contribution in [0.5, 0.6) is 5.75 Å². The minimum Gasteiger partial charge on any atom is -0.493 e. The molecule has 2 aromatic carbocycles. The molecule has 25 heavy (non-hydrogen) atoms. The Morgan fingerprint density at radius 1 is 1.32 bits per heavy atom. The van der Waals surface area contributed by atoms with E-state index in [-0.39, 0.29) is 17.4 Å². The monoisotopic (exact) mass is 360 g/mol. The van der Waals surface area contributed by atoms with Crippen molar-refractivity contribution in [1.29, 1.82) is 0 Å². The molecule has 0 bridgehead atoms. The lowest BCUT2D eigenvalue weighted by molar-refractivity contribution is -0.124. The van der Waals surface area contributed by atoms with Gasteiger partial charge in [-0.25, -0.2) is 13.8 Å². The molecule has 0 spiro atoms. The van der Waals surface area contributed by atoms with Crippen molar-refractivity contribution in [2.24, 2.45) is 11.0 Å². The van der Waals surface area contributed by atoms with E-state index in [0.29, 0.717) is 18.8 Å². The van der Waals surface area contributed by atoms with Crippen LogP contribution in [0.1, 0.15) is 18.9 Å². The fraction of sp³-hybridized carbons (Fsp3) is 0.333. The number of nitrogens with one attached hydrogen (secondary N) is 1. The van der Waals surface area contributed by atoms with Gasteiger partial charge in [0.05, 0.1) is 30.2 Å². The van der Waals surface area contributed by atoms with Gasteiger partial charge in [0, 0.05) is 5.56 Å². The molecule has 6 nitrogen and oxygen atoms in total. The molecule has 3 rings (SSSR count). The molecule has 1 aliphatic heterocycles. The molecule has 7 heteroatoms. The van der Waals surface area contributed by atoms with E-state index >= 15 is 0 Å². The number of sulfone groups is 1. The number of fused-ring (bicyclic) bond motifs is 1. The maximum absolute atomic E-state index is 12.1. The van der Waals surface area contributed by atoms with E-state index in [4.69, 9.17) is 4.74 Å². The summed E-state index contributed by atoms with van der Waals surface area (Å²) >= 11 is 0. The molecule has 1 amide bonds. The third-order valence-corrected chi connectivity index (χ3v) is 5.97. The lowest BCUT2D eigenvalue weighted by Gasteiger charge is -2.10. The van der Waals surface area contributed by atoms with E-state index in [1.54, 1.807) is 6.21 Å². The lowest BCUT2D eigenvalue weighted by Crippen LogP contribution is -2.27. The van der Waals surface area contributed by atoms with Crippen LogP contribution in [0, 0.1) is 5.92 Å². The smallest absolute Gasteiger partial charge is 0.244 e. The quantitative estimate of drug-likeness (QED) is 0.654. The minimum absolute atomic E-state index is 0.0621. The Hall–Kier alpha value is -2.41. The average molecular weight is 360 g/mol. The van der Waals surface area contributed by atoms with Crippen LogP contribution >= 0.6 is 0 Å². The lowest BCUT2D eigenvalue weighted by atomic mass is 10.0. The predicted octanol–water partition coefficient (Wildman–Crippen LogP) is 2.12. The summed E-state index contributed by atoms with van der Waals surface area (Å²) in [6, 6.07) is 11.7. The number of carbonyl (C=O) groups excluding carboxylic acids is 1. The Morgan fingerprint density at radius 2 is 2.12 bits per heavy atom. The Bertz CT molecular complexity index is 922. The van der Waals surface area contributed by atoms with Crippen molar-refractivity contribution in [3.8, 4) is 5.75 Å².